The van der Waals surface area contributed by atoms with Crippen molar-refractivity contribution in [3.05, 3.63) is 111 Å². The molecule has 12 heteroatoms. The Morgan fingerprint density at radius 3 is 2.47 bits per heavy atom. The highest BCUT2D eigenvalue weighted by Crippen LogP contribution is 2.43. The van der Waals surface area contributed by atoms with E-state index in [0.29, 0.717) is 28.3 Å². The molecule has 0 saturated carbocycles. The van der Waals surface area contributed by atoms with Gasteiger partial charge in [0.2, 0.25) is 10.0 Å². The molecule has 1 atom stereocenters. The zero-order valence-corrected chi connectivity index (χ0v) is 26.1. The number of nitrogens with zero attached hydrogens (tertiary/aromatic N) is 1. The van der Waals surface area contributed by atoms with Gasteiger partial charge < -0.3 is 19.6 Å². The topological polar surface area (TPSA) is 128 Å². The van der Waals surface area contributed by atoms with Crippen LogP contribution in [-0.4, -0.2) is 39.8 Å². The van der Waals surface area contributed by atoms with Crippen molar-refractivity contribution in [1.82, 2.24) is 8.96 Å². The number of halogens is 2. The van der Waals surface area contributed by atoms with E-state index in [2.05, 4.69) is 4.98 Å². The Labute approximate surface area is 258 Å². The number of rotatable bonds is 8. The molecule has 236 valence electrons. The molecular formula is C33H32F2N2O7S. The quantitative estimate of drug-likeness (QED) is 0.221. The summed E-state index contributed by atoms with van der Waals surface area (Å²) in [4.78, 5) is 28.3. The molecule has 45 heavy (non-hydrogen) atoms. The summed E-state index contributed by atoms with van der Waals surface area (Å²) in [6.07, 6.45) is 4.55. The summed E-state index contributed by atoms with van der Waals surface area (Å²) in [6, 6.07) is 10.5. The van der Waals surface area contributed by atoms with Gasteiger partial charge in [0, 0.05) is 23.2 Å². The third-order valence-electron chi connectivity index (χ3n) is 8.00. The predicted molar refractivity (Wildman–Crippen MR) is 166 cm³/mol. The molecule has 1 unspecified atom stereocenters. The number of esters is 1. The first kappa shape index (κ1) is 31.9. The highest BCUT2D eigenvalue weighted by Gasteiger charge is 2.45. The number of aromatic amines is 1. The minimum Gasteiger partial charge on any atom is -0.461 e. The van der Waals surface area contributed by atoms with E-state index < -0.39 is 43.5 Å². The molecule has 4 aromatic rings. The normalized spacial score (nSPS) is 17.2. The van der Waals surface area contributed by atoms with Gasteiger partial charge in [-0.1, -0.05) is 18.2 Å². The standard InChI is InChI=1S/C33H32F2N2O7S/c1-6-43-31(39)26-16-21-12-14-36-30(38)29(21)37(26)45(41,42)33(5)13-11-20(15-19(33)2)24-17-22(32(3,4)40)7-9-27(24)44-28-10-8-23(34)18-25(28)35/h7-12,14-18,40H,6,13H2,1-5H3,(H,36,38). The second kappa shape index (κ2) is 11.4. The number of carbonyl (C=O) groups excluding carboxylic acids is 1. The van der Waals surface area contributed by atoms with Crippen molar-refractivity contribution in [2.24, 2.45) is 0 Å². The maximum Gasteiger partial charge on any atom is 0.356 e. The molecule has 2 N–H and O–H groups in total. The molecule has 0 saturated heterocycles. The molecule has 5 rings (SSSR count). The van der Waals surface area contributed by atoms with Crippen LogP contribution in [0.4, 0.5) is 8.78 Å². The summed E-state index contributed by atoms with van der Waals surface area (Å²) < 4.78 is 67.1. The summed E-state index contributed by atoms with van der Waals surface area (Å²) in [6.45, 7) is 7.88. The first-order chi connectivity index (χ1) is 21.1. The van der Waals surface area contributed by atoms with Crippen LogP contribution in [0.3, 0.4) is 0 Å². The van der Waals surface area contributed by atoms with Crippen molar-refractivity contribution in [2.45, 2.75) is 51.4 Å². The van der Waals surface area contributed by atoms with E-state index in [1.165, 1.54) is 25.3 Å². The van der Waals surface area contributed by atoms with Crippen LogP contribution in [0.15, 0.2) is 77.2 Å². The monoisotopic (exact) mass is 638 g/mol. The molecular weight excluding hydrogens is 606 g/mol. The van der Waals surface area contributed by atoms with E-state index in [4.69, 9.17) is 9.47 Å². The smallest absolute Gasteiger partial charge is 0.356 e. The van der Waals surface area contributed by atoms with E-state index in [0.717, 1.165) is 16.1 Å². The number of carbonyl (C=O) groups is 1. The van der Waals surface area contributed by atoms with Gasteiger partial charge in [0.25, 0.3) is 5.56 Å². The number of fused-ring (bicyclic) bond motifs is 1. The van der Waals surface area contributed by atoms with Crippen molar-refractivity contribution < 1.29 is 36.6 Å². The molecule has 2 aromatic carbocycles. The summed E-state index contributed by atoms with van der Waals surface area (Å²) in [5.74, 6) is -2.62. The third-order valence-corrected chi connectivity index (χ3v) is 10.5. The molecule has 0 spiro atoms. The lowest BCUT2D eigenvalue weighted by Gasteiger charge is -2.34. The molecule has 0 fully saturated rings. The number of hydrogen-bond donors (Lipinski definition) is 2. The van der Waals surface area contributed by atoms with Crippen LogP contribution >= 0.6 is 0 Å². The largest absolute Gasteiger partial charge is 0.461 e. The molecule has 1 aliphatic carbocycles. The molecule has 0 radical (unpaired) electrons. The zero-order chi connectivity index (χ0) is 32.9. The Bertz CT molecular complexity index is 2070. The Kier molecular flexibility index (Phi) is 8.09. The van der Waals surface area contributed by atoms with Crippen LogP contribution in [0, 0.1) is 11.6 Å². The van der Waals surface area contributed by atoms with E-state index in [1.807, 2.05) is 0 Å². The van der Waals surface area contributed by atoms with E-state index in [-0.39, 0.29) is 41.1 Å². The van der Waals surface area contributed by atoms with Gasteiger partial charge >= 0.3 is 5.97 Å². The summed E-state index contributed by atoms with van der Waals surface area (Å²) in [5, 5.41) is 11.0. The lowest BCUT2D eigenvalue weighted by atomic mass is 9.86. The minimum atomic E-state index is -4.49. The van der Waals surface area contributed by atoms with Gasteiger partial charge in [-0.25, -0.2) is 26.0 Å². The number of nitrogens with one attached hydrogen (secondary N) is 1. The number of aliphatic hydroxyl groups is 1. The van der Waals surface area contributed by atoms with E-state index in [1.54, 1.807) is 58.0 Å². The first-order valence-electron chi connectivity index (χ1n) is 14.1. The molecule has 2 aromatic heterocycles. The lowest BCUT2D eigenvalue weighted by Crippen LogP contribution is -2.43. The number of aromatic nitrogens is 2. The van der Waals surface area contributed by atoms with Crippen LogP contribution in [0.25, 0.3) is 16.5 Å². The lowest BCUT2D eigenvalue weighted by molar-refractivity contribution is 0.0518. The van der Waals surface area contributed by atoms with Crippen LogP contribution in [-0.2, 0) is 20.4 Å². The van der Waals surface area contributed by atoms with Crippen LogP contribution in [0.2, 0.25) is 0 Å². The van der Waals surface area contributed by atoms with Crippen molar-refractivity contribution >= 4 is 32.5 Å². The number of pyridine rings is 1. The molecule has 0 amide bonds. The highest BCUT2D eigenvalue weighted by molar-refractivity contribution is 7.91. The number of benzene rings is 2. The van der Waals surface area contributed by atoms with Gasteiger partial charge in [-0.2, -0.15) is 0 Å². The number of hydrogen-bond acceptors (Lipinski definition) is 7. The fourth-order valence-corrected chi connectivity index (χ4v) is 7.22. The molecule has 2 heterocycles. The maximum atomic E-state index is 14.5. The van der Waals surface area contributed by atoms with Gasteiger partial charge in [-0.15, -0.1) is 0 Å². The molecule has 1 aliphatic rings. The minimum absolute atomic E-state index is 0.00497. The van der Waals surface area contributed by atoms with Crippen LogP contribution < -0.4 is 10.3 Å². The second-order valence-corrected chi connectivity index (χ2v) is 13.7. The van der Waals surface area contributed by atoms with E-state index >= 15 is 0 Å². The highest BCUT2D eigenvalue weighted by atomic mass is 32.2. The van der Waals surface area contributed by atoms with Gasteiger partial charge in [0.1, 0.15) is 27.5 Å². The maximum absolute atomic E-state index is 14.5. The fraction of sp³-hybridized carbons (Fsp3) is 0.273. The number of H-pyrrole nitrogens is 1. The Morgan fingerprint density at radius 1 is 1.11 bits per heavy atom. The summed E-state index contributed by atoms with van der Waals surface area (Å²) in [7, 11) is -4.49. The fourth-order valence-electron chi connectivity index (χ4n) is 5.24. The average molecular weight is 639 g/mol. The Balaban J connectivity index is 1.63. The molecule has 0 bridgehead atoms. The number of allylic oxidation sites excluding steroid dienone is 3. The Hall–Kier alpha value is -4.55. The van der Waals surface area contributed by atoms with Gasteiger partial charge in [-0.05, 0) is 94.1 Å². The van der Waals surface area contributed by atoms with Crippen LogP contribution in [0.1, 0.15) is 62.7 Å². The van der Waals surface area contributed by atoms with Crippen molar-refractivity contribution in [3.63, 3.8) is 0 Å². The SMILES string of the molecule is CCOC(=O)c1cc2cc[nH]c(=O)c2n1S(=O)(=O)C1(C)CC=C(c2cc(C(C)(C)O)ccc2Oc2ccc(F)cc2F)C=C1C. The number of ether oxygens (including phenoxy) is 2. The third kappa shape index (κ3) is 5.59. The zero-order valence-electron chi connectivity index (χ0n) is 25.3. The molecule has 0 aliphatic heterocycles. The second-order valence-electron chi connectivity index (χ2n) is 11.5. The van der Waals surface area contributed by atoms with Gasteiger partial charge in [-0.3, -0.25) is 4.79 Å². The molecule has 9 nitrogen and oxygen atoms in total. The van der Waals surface area contributed by atoms with Crippen LogP contribution in [0.5, 0.6) is 11.5 Å². The summed E-state index contributed by atoms with van der Waals surface area (Å²) in [5.41, 5.74) is -0.641. The summed E-state index contributed by atoms with van der Waals surface area (Å²) >= 11 is 0. The Morgan fingerprint density at radius 2 is 1.82 bits per heavy atom. The van der Waals surface area contributed by atoms with Crippen molar-refractivity contribution in [3.8, 4) is 11.5 Å². The predicted octanol–water partition coefficient (Wildman–Crippen LogP) is 6.17. The first-order valence-corrected chi connectivity index (χ1v) is 15.6. The van der Waals surface area contributed by atoms with Gasteiger partial charge in [0.15, 0.2) is 11.6 Å². The van der Waals surface area contributed by atoms with Gasteiger partial charge in [0.05, 0.1) is 12.2 Å². The average Bonchev–Trinajstić information content (AvgIpc) is 3.38. The van der Waals surface area contributed by atoms with Crippen molar-refractivity contribution in [2.75, 3.05) is 6.61 Å². The van der Waals surface area contributed by atoms with Crippen molar-refractivity contribution in [1.29, 1.82) is 0 Å². The van der Waals surface area contributed by atoms with E-state index in [9.17, 15) is 31.9 Å².